The van der Waals surface area contributed by atoms with Crippen molar-refractivity contribution in [1.82, 2.24) is 19.5 Å². The lowest BCUT2D eigenvalue weighted by atomic mass is 10.2. The third-order valence-corrected chi connectivity index (χ3v) is 5.04. The van der Waals surface area contributed by atoms with Gasteiger partial charge in [-0.15, -0.1) is 0 Å². The number of hydrogen-bond donors (Lipinski definition) is 3. The molecule has 0 radical (unpaired) electrons. The zero-order valence-corrected chi connectivity index (χ0v) is 15.0. The largest absolute Gasteiger partial charge is 0.389 e. The molecule has 0 aromatic carbocycles. The highest BCUT2D eigenvalue weighted by atomic mass is 31.2. The molecule has 25 heavy (non-hydrogen) atoms. The van der Waals surface area contributed by atoms with Crippen LogP contribution in [0.3, 0.4) is 0 Å². The Labute approximate surface area is 144 Å². The number of hydrogen-bond acceptors (Lipinski definition) is 8. The summed E-state index contributed by atoms with van der Waals surface area (Å²) in [6.07, 6.45) is 2.23. The molecule has 1 atom stereocenters. The number of aliphatic hydroxyl groups excluding tert-OH is 1. The molecular weight excluding hydrogens is 349 g/mol. The van der Waals surface area contributed by atoms with Gasteiger partial charge in [0.1, 0.15) is 0 Å². The van der Waals surface area contributed by atoms with E-state index >= 15 is 0 Å². The van der Waals surface area contributed by atoms with Crippen LogP contribution < -0.4 is 11.3 Å². The topological polar surface area (TPSA) is 145 Å². The van der Waals surface area contributed by atoms with Crippen LogP contribution in [-0.2, 0) is 20.2 Å². The van der Waals surface area contributed by atoms with Gasteiger partial charge in [-0.1, -0.05) is 0 Å². The minimum Gasteiger partial charge on any atom is -0.389 e. The Morgan fingerprint density at radius 3 is 2.76 bits per heavy atom. The first kappa shape index (κ1) is 19.3. The average molecular weight is 371 g/mol. The lowest BCUT2D eigenvalue weighted by Gasteiger charge is -2.13. The third kappa shape index (κ3) is 4.99. The monoisotopic (exact) mass is 371 g/mol. The molecule has 0 saturated heterocycles. The molecule has 2 aromatic heterocycles. The number of aliphatic hydroxyl groups is 1. The van der Waals surface area contributed by atoms with Crippen molar-refractivity contribution >= 4 is 24.7 Å². The molecule has 2 aromatic rings. The number of anilines is 1. The quantitative estimate of drug-likeness (QED) is 0.558. The van der Waals surface area contributed by atoms with Crippen LogP contribution in [0.25, 0.3) is 11.2 Å². The van der Waals surface area contributed by atoms with Crippen molar-refractivity contribution in [3.05, 3.63) is 28.6 Å². The lowest BCUT2D eigenvalue weighted by molar-refractivity contribution is 0.204. The molecule has 138 valence electrons. The molecule has 0 aliphatic heterocycles. The number of nitrogens with one attached hydrogen (secondary N) is 1. The normalized spacial score (nSPS) is 13.7. The first-order valence-electron chi connectivity index (χ1n) is 7.85. The molecule has 2 rings (SSSR count). The Balaban J connectivity index is 2.05. The maximum atomic E-state index is 12.3. The minimum atomic E-state index is -3.34. The number of nitrogen functional groups attached to an aromatic ring is 1. The summed E-state index contributed by atoms with van der Waals surface area (Å²) in [5.41, 5.74) is 5.63. The second kappa shape index (κ2) is 8.39. The molecule has 0 amide bonds. The molecule has 10 nitrogen and oxygen atoms in total. The van der Waals surface area contributed by atoms with Crippen LogP contribution in [0, 0.1) is 0 Å². The van der Waals surface area contributed by atoms with E-state index < -0.39 is 19.3 Å². The summed E-state index contributed by atoms with van der Waals surface area (Å²) in [5.74, 6) is 1.26. The Kier molecular flexibility index (Phi) is 6.49. The number of H-pyrrole nitrogens is 1. The average Bonchev–Trinajstić information content (AvgIpc) is 2.95. The van der Waals surface area contributed by atoms with E-state index in [0.717, 1.165) is 0 Å². The highest BCUT2D eigenvalue weighted by molar-refractivity contribution is 7.57. The summed E-state index contributed by atoms with van der Waals surface area (Å²) in [7, 11) is -3.34. The Morgan fingerprint density at radius 1 is 1.44 bits per heavy atom. The van der Waals surface area contributed by atoms with Gasteiger partial charge < -0.3 is 24.5 Å². The van der Waals surface area contributed by atoms with Gasteiger partial charge in [0, 0.05) is 12.4 Å². The van der Waals surface area contributed by atoms with Crippen molar-refractivity contribution in [2.24, 2.45) is 0 Å². The summed E-state index contributed by atoms with van der Waals surface area (Å²) in [6, 6.07) is 0. The Hall–Kier alpha value is -2.00. The smallest absolute Gasteiger partial charge is 0.353 e. The van der Waals surface area contributed by atoms with Gasteiger partial charge in [0.15, 0.2) is 11.2 Å². The zero-order chi connectivity index (χ0) is 18.4. The van der Waals surface area contributed by atoms with Gasteiger partial charge in [-0.25, -0.2) is 4.98 Å². The molecule has 0 unspecified atom stereocenters. The number of nitrogens with zero attached hydrogens (tertiary/aromatic N) is 3. The summed E-state index contributed by atoms with van der Waals surface area (Å²) >= 11 is 0. The van der Waals surface area contributed by atoms with E-state index in [0.29, 0.717) is 12.2 Å². The van der Waals surface area contributed by atoms with Crippen LogP contribution >= 0.6 is 7.60 Å². The highest BCUT2D eigenvalue weighted by Crippen LogP contribution is 2.49. The predicted molar refractivity (Wildman–Crippen MR) is 93.2 cm³/mol. The molecule has 0 spiro atoms. The molecule has 0 aliphatic carbocycles. The first-order chi connectivity index (χ1) is 11.9. The van der Waals surface area contributed by atoms with Crippen molar-refractivity contribution in [2.45, 2.75) is 32.9 Å². The van der Waals surface area contributed by atoms with Crippen LogP contribution in [0.4, 0.5) is 5.95 Å². The summed E-state index contributed by atoms with van der Waals surface area (Å²) < 4.78 is 24.1. The molecule has 0 fully saturated rings. The van der Waals surface area contributed by atoms with E-state index in [1.165, 1.54) is 18.2 Å². The summed E-state index contributed by atoms with van der Waals surface area (Å²) in [4.78, 5) is 22.1. The number of nitrogens with two attached hydrogens (primary N) is 1. The molecular formula is C14H22N5O5P. The van der Waals surface area contributed by atoms with E-state index in [2.05, 4.69) is 15.0 Å². The fourth-order valence-corrected chi connectivity index (χ4v) is 3.57. The van der Waals surface area contributed by atoms with Gasteiger partial charge in [-0.05, 0) is 26.3 Å². The number of aromatic nitrogens is 4. The zero-order valence-electron chi connectivity index (χ0n) is 14.1. The molecule has 0 bridgehead atoms. The van der Waals surface area contributed by atoms with Gasteiger partial charge in [0.05, 0.1) is 25.6 Å². The number of imidazole rings is 1. The van der Waals surface area contributed by atoms with Crippen molar-refractivity contribution in [3.63, 3.8) is 0 Å². The SMILES string of the molecule is CCOP(=O)(C=C[C@H](O)CCn1cnc2c(=O)[nH]c(N)nc21)OCC. The van der Waals surface area contributed by atoms with E-state index in [1.807, 2.05) is 0 Å². The van der Waals surface area contributed by atoms with Crippen molar-refractivity contribution in [3.8, 4) is 0 Å². The van der Waals surface area contributed by atoms with Crippen LogP contribution in [0.2, 0.25) is 0 Å². The second-order valence-corrected chi connectivity index (χ2v) is 7.03. The summed E-state index contributed by atoms with van der Waals surface area (Å²) in [5, 5.41) is 10.1. The number of fused-ring (bicyclic) bond motifs is 1. The van der Waals surface area contributed by atoms with Gasteiger partial charge in [-0.3, -0.25) is 14.3 Å². The van der Waals surface area contributed by atoms with E-state index in [9.17, 15) is 14.5 Å². The second-order valence-electron chi connectivity index (χ2n) is 5.13. The molecule has 0 aliphatic rings. The van der Waals surface area contributed by atoms with Crippen molar-refractivity contribution < 1.29 is 18.7 Å². The van der Waals surface area contributed by atoms with Crippen molar-refractivity contribution in [1.29, 1.82) is 0 Å². The molecule has 2 heterocycles. The number of aromatic amines is 1. The molecule has 0 saturated carbocycles. The van der Waals surface area contributed by atoms with Gasteiger partial charge in [0.2, 0.25) is 5.95 Å². The van der Waals surface area contributed by atoms with E-state index in [-0.39, 0.29) is 31.1 Å². The molecule has 4 N–H and O–H groups in total. The first-order valence-corrected chi connectivity index (χ1v) is 9.46. The minimum absolute atomic E-state index is 0.00550. The number of rotatable bonds is 9. The number of aryl methyl sites for hydroxylation is 1. The van der Waals surface area contributed by atoms with Crippen LogP contribution in [0.5, 0.6) is 0 Å². The van der Waals surface area contributed by atoms with E-state index in [4.69, 9.17) is 14.8 Å². The highest BCUT2D eigenvalue weighted by Gasteiger charge is 2.19. The predicted octanol–water partition coefficient (Wildman–Crippen LogP) is 1.23. The maximum Gasteiger partial charge on any atom is 0.353 e. The maximum absolute atomic E-state index is 12.3. The van der Waals surface area contributed by atoms with Crippen LogP contribution in [0.15, 0.2) is 23.0 Å². The Bertz CT molecular complexity index is 836. The lowest BCUT2D eigenvalue weighted by Crippen LogP contribution is -2.13. The fourth-order valence-electron chi connectivity index (χ4n) is 2.19. The van der Waals surface area contributed by atoms with Gasteiger partial charge in [0.25, 0.3) is 5.56 Å². The fraction of sp³-hybridized carbons (Fsp3) is 0.500. The van der Waals surface area contributed by atoms with Gasteiger partial charge >= 0.3 is 7.60 Å². The van der Waals surface area contributed by atoms with Crippen molar-refractivity contribution in [2.75, 3.05) is 18.9 Å². The molecule has 11 heteroatoms. The van der Waals surface area contributed by atoms with E-state index in [1.54, 1.807) is 18.4 Å². The van der Waals surface area contributed by atoms with Gasteiger partial charge in [-0.2, -0.15) is 4.98 Å². The van der Waals surface area contributed by atoms with Crippen LogP contribution in [-0.4, -0.2) is 43.9 Å². The third-order valence-electron chi connectivity index (χ3n) is 3.27. The Morgan fingerprint density at radius 2 is 2.12 bits per heavy atom. The van der Waals surface area contributed by atoms with Crippen LogP contribution in [0.1, 0.15) is 20.3 Å². The summed E-state index contributed by atoms with van der Waals surface area (Å²) in [6.45, 7) is 4.23. The standard InChI is InChI=1S/C14H22N5O5P/c1-3-23-25(22,24-4-2)8-6-10(20)5-7-19-9-16-11-12(19)17-14(15)18-13(11)21/h6,8-10,20H,3-5,7H2,1-2H3,(H3,15,17,18,21)/t10-/m1/s1.